The Hall–Kier alpha value is -3.19. The Morgan fingerprint density at radius 3 is 2.24 bits per heavy atom. The SMILES string of the molecule is Cc1cc2cc3c(cc2c(/C=C/c2ccc(C#N)cc2)[o+]1)OCO3.[O-][Cl+3]([O-])([O-])[O-]. The minimum absolute atomic E-state index is 0.248. The highest BCUT2D eigenvalue weighted by Crippen LogP contribution is 2.38. The molecule has 0 N–H and O–H groups in total. The quantitative estimate of drug-likeness (QED) is 0.533. The van der Waals surface area contributed by atoms with Gasteiger partial charge in [0.25, 0.3) is 0 Å². The molecule has 0 bridgehead atoms. The monoisotopic (exact) mass is 415 g/mol. The summed E-state index contributed by atoms with van der Waals surface area (Å²) in [7, 11) is -4.94. The van der Waals surface area contributed by atoms with Crippen LogP contribution in [0.25, 0.3) is 22.9 Å². The van der Waals surface area contributed by atoms with Crippen LogP contribution in [-0.2, 0) is 0 Å². The summed E-state index contributed by atoms with van der Waals surface area (Å²) in [5, 5.41) is 10.9. The van der Waals surface area contributed by atoms with Crippen LogP contribution in [0.2, 0.25) is 0 Å². The van der Waals surface area contributed by atoms with Gasteiger partial charge in [0.05, 0.1) is 23.9 Å². The van der Waals surface area contributed by atoms with Gasteiger partial charge in [0, 0.05) is 23.6 Å². The maximum absolute atomic E-state index is 8.86. The van der Waals surface area contributed by atoms with Crippen LogP contribution in [0.1, 0.15) is 22.6 Å². The molecular weight excluding hydrogens is 402 g/mol. The molecule has 0 saturated heterocycles. The van der Waals surface area contributed by atoms with Crippen molar-refractivity contribution < 1.29 is 42.8 Å². The fourth-order valence-corrected chi connectivity index (χ4v) is 2.73. The van der Waals surface area contributed by atoms with Gasteiger partial charge in [-0.25, -0.2) is 23.1 Å². The molecule has 1 aliphatic rings. The molecule has 0 fully saturated rings. The molecule has 8 nitrogen and oxygen atoms in total. The number of hydrogen-bond donors (Lipinski definition) is 0. The molecule has 2 aromatic carbocycles. The van der Waals surface area contributed by atoms with Crippen LogP contribution in [0.3, 0.4) is 0 Å². The van der Waals surface area contributed by atoms with Gasteiger partial charge >= 0.3 is 11.5 Å². The van der Waals surface area contributed by atoms with E-state index >= 15 is 0 Å². The first-order valence-electron chi connectivity index (χ1n) is 8.20. The molecule has 3 aromatic rings. The number of rotatable bonds is 2. The molecule has 0 amide bonds. The second-order valence-electron chi connectivity index (χ2n) is 5.96. The zero-order valence-corrected chi connectivity index (χ0v) is 15.8. The Labute approximate surface area is 167 Å². The third kappa shape index (κ3) is 5.65. The van der Waals surface area contributed by atoms with E-state index < -0.39 is 10.2 Å². The van der Waals surface area contributed by atoms with Crippen LogP contribution < -0.4 is 28.1 Å². The average Bonchev–Trinajstić information content (AvgIpc) is 3.11. The normalized spacial score (nSPS) is 12.6. The summed E-state index contributed by atoms with van der Waals surface area (Å²) in [6.07, 6.45) is 3.89. The zero-order chi connectivity index (χ0) is 21.0. The lowest BCUT2D eigenvalue weighted by atomic mass is 10.1. The summed E-state index contributed by atoms with van der Waals surface area (Å²) in [4.78, 5) is 0. The number of benzene rings is 2. The van der Waals surface area contributed by atoms with Crippen molar-refractivity contribution in [2.75, 3.05) is 6.79 Å². The molecule has 9 heteroatoms. The molecule has 0 spiro atoms. The molecule has 0 radical (unpaired) electrons. The van der Waals surface area contributed by atoms with Crippen LogP contribution in [0, 0.1) is 28.5 Å². The van der Waals surface area contributed by atoms with Crippen LogP contribution >= 0.6 is 0 Å². The molecule has 4 rings (SSSR count). The van der Waals surface area contributed by atoms with E-state index in [1.165, 1.54) is 0 Å². The summed E-state index contributed by atoms with van der Waals surface area (Å²) in [5.74, 6) is 3.07. The van der Waals surface area contributed by atoms with E-state index in [0.29, 0.717) is 5.56 Å². The minimum Gasteiger partial charge on any atom is -0.454 e. The van der Waals surface area contributed by atoms with E-state index in [-0.39, 0.29) is 6.79 Å². The Bertz CT molecular complexity index is 1090. The highest BCUT2D eigenvalue weighted by Gasteiger charge is 2.20. The van der Waals surface area contributed by atoms with Gasteiger partial charge in [0.2, 0.25) is 6.79 Å². The lowest BCUT2D eigenvalue weighted by molar-refractivity contribution is -2.00. The molecule has 0 atom stereocenters. The molecule has 0 unspecified atom stereocenters. The van der Waals surface area contributed by atoms with Gasteiger partial charge in [-0.15, -0.1) is 10.2 Å². The summed E-state index contributed by atoms with van der Waals surface area (Å²) in [6, 6.07) is 15.4. The summed E-state index contributed by atoms with van der Waals surface area (Å²) < 4.78 is 50.8. The Kier molecular flexibility index (Phi) is 5.98. The third-order valence-corrected chi connectivity index (χ3v) is 3.91. The molecular formula is C20H14ClNO7. The molecule has 2 heterocycles. The van der Waals surface area contributed by atoms with E-state index in [2.05, 4.69) is 6.07 Å². The number of ether oxygens (including phenoxy) is 2. The maximum atomic E-state index is 8.86. The van der Waals surface area contributed by atoms with Crippen molar-refractivity contribution in [2.24, 2.45) is 0 Å². The van der Waals surface area contributed by atoms with Crippen LogP contribution in [0.5, 0.6) is 11.5 Å². The standard InChI is InChI=1S/C20H14NO3.ClHO4/c1-13-8-16-9-19-20(23-12-22-19)10-17(16)18(24-13)7-6-14-2-4-15(11-21)5-3-14;2-1(3,4)5/h2-10H,12H2,1H3;(H,2,3,4,5)/q+1;/p-1/b7-6+;. The van der Waals surface area contributed by atoms with Crippen molar-refractivity contribution in [1.82, 2.24) is 0 Å². The van der Waals surface area contributed by atoms with Crippen molar-refractivity contribution in [2.45, 2.75) is 6.92 Å². The highest BCUT2D eigenvalue weighted by atomic mass is 35.7. The van der Waals surface area contributed by atoms with Gasteiger partial charge in [-0.3, -0.25) is 0 Å². The van der Waals surface area contributed by atoms with E-state index in [4.69, 9.17) is 37.8 Å². The van der Waals surface area contributed by atoms with E-state index in [0.717, 1.165) is 39.4 Å². The van der Waals surface area contributed by atoms with Gasteiger partial charge in [-0.1, -0.05) is 12.1 Å². The first-order chi connectivity index (χ1) is 13.7. The Balaban J connectivity index is 0.000000431. The third-order valence-electron chi connectivity index (χ3n) is 3.91. The predicted octanol–water partition coefficient (Wildman–Crippen LogP) is 0.0371. The molecule has 29 heavy (non-hydrogen) atoms. The van der Waals surface area contributed by atoms with E-state index in [1.807, 2.05) is 49.4 Å². The first kappa shape index (κ1) is 20.5. The van der Waals surface area contributed by atoms with E-state index in [9.17, 15) is 0 Å². The van der Waals surface area contributed by atoms with Gasteiger partial charge in [-0.05, 0) is 29.8 Å². The number of halogens is 1. The smallest absolute Gasteiger partial charge is 0.360 e. The molecule has 0 aliphatic carbocycles. The highest BCUT2D eigenvalue weighted by molar-refractivity contribution is 5.93. The molecule has 1 aromatic heterocycles. The van der Waals surface area contributed by atoms with Crippen molar-refractivity contribution in [1.29, 1.82) is 5.26 Å². The first-order valence-corrected chi connectivity index (χ1v) is 9.43. The molecule has 1 aliphatic heterocycles. The number of nitrogens with zero attached hydrogens (tertiary/aromatic N) is 1. The van der Waals surface area contributed by atoms with Gasteiger partial charge < -0.3 is 9.47 Å². The largest absolute Gasteiger partial charge is 0.454 e. The summed E-state index contributed by atoms with van der Waals surface area (Å²) in [5.41, 5.74) is 1.64. The Morgan fingerprint density at radius 2 is 1.62 bits per heavy atom. The summed E-state index contributed by atoms with van der Waals surface area (Å²) in [6.45, 7) is 2.17. The average molecular weight is 416 g/mol. The van der Waals surface area contributed by atoms with Crippen molar-refractivity contribution in [3.05, 3.63) is 65.1 Å². The van der Waals surface area contributed by atoms with Crippen molar-refractivity contribution >= 4 is 22.9 Å². The minimum atomic E-state index is -4.94. The number of hydrogen-bond acceptors (Lipinski definition) is 7. The van der Waals surface area contributed by atoms with Crippen molar-refractivity contribution in [3.8, 4) is 17.6 Å². The van der Waals surface area contributed by atoms with Gasteiger partial charge in [0.1, 0.15) is 0 Å². The molecule has 148 valence electrons. The Morgan fingerprint density at radius 1 is 1.00 bits per heavy atom. The fraction of sp³-hybridized carbons (Fsp3) is 0.100. The molecule has 0 saturated carbocycles. The second kappa shape index (κ2) is 8.45. The van der Waals surface area contributed by atoms with Gasteiger partial charge in [0.15, 0.2) is 11.5 Å². The lowest BCUT2D eigenvalue weighted by Gasteiger charge is -2.17. The zero-order valence-electron chi connectivity index (χ0n) is 15.1. The van der Waals surface area contributed by atoms with Crippen LogP contribution in [-0.4, -0.2) is 6.79 Å². The summed E-state index contributed by atoms with van der Waals surface area (Å²) >= 11 is 0. The van der Waals surface area contributed by atoms with Crippen molar-refractivity contribution in [3.63, 3.8) is 0 Å². The fourth-order valence-electron chi connectivity index (χ4n) is 2.73. The number of aryl methyl sites for hydroxylation is 1. The topological polar surface area (TPSA) is 146 Å². The number of nitriles is 1. The van der Waals surface area contributed by atoms with E-state index in [1.54, 1.807) is 12.1 Å². The number of fused-ring (bicyclic) bond motifs is 2. The lowest BCUT2D eigenvalue weighted by Crippen LogP contribution is -2.68. The maximum Gasteiger partial charge on any atom is 0.360 e. The van der Waals surface area contributed by atoms with Crippen LogP contribution in [0.4, 0.5) is 0 Å². The predicted molar refractivity (Wildman–Crippen MR) is 91.6 cm³/mol. The van der Waals surface area contributed by atoms with Gasteiger partial charge in [-0.2, -0.15) is 5.26 Å². The second-order valence-corrected chi connectivity index (χ2v) is 6.72. The van der Waals surface area contributed by atoms with Crippen LogP contribution in [0.15, 0.2) is 46.9 Å².